The van der Waals surface area contributed by atoms with Crippen LogP contribution in [0.2, 0.25) is 39.3 Å². The van der Waals surface area contributed by atoms with Gasteiger partial charge in [-0.2, -0.15) is 0 Å². The summed E-state index contributed by atoms with van der Waals surface area (Å²) < 4.78 is 24.7. The Morgan fingerprint density at radius 1 is 0.960 bits per heavy atom. The molecule has 146 valence electrons. The zero-order chi connectivity index (χ0) is 19.0. The van der Waals surface area contributed by atoms with E-state index >= 15 is 0 Å². The summed E-state index contributed by atoms with van der Waals surface area (Å²) in [4.78, 5) is 0. The van der Waals surface area contributed by atoms with Crippen molar-refractivity contribution < 1.29 is 18.3 Å². The minimum absolute atomic E-state index is 0.177. The van der Waals surface area contributed by atoms with Crippen molar-refractivity contribution in [3.05, 3.63) is 11.5 Å². The maximum atomic E-state index is 6.38. The highest BCUT2D eigenvalue weighted by molar-refractivity contribution is 6.70. The first kappa shape index (κ1) is 21.0. The fourth-order valence-electron chi connectivity index (χ4n) is 3.47. The highest BCUT2D eigenvalue weighted by Gasteiger charge is 2.41. The van der Waals surface area contributed by atoms with Gasteiger partial charge in [-0.3, -0.25) is 0 Å². The molecular weight excluding hydrogens is 348 g/mol. The zero-order valence-electron chi connectivity index (χ0n) is 17.7. The Bertz CT molecular complexity index is 495. The summed E-state index contributed by atoms with van der Waals surface area (Å²) in [6.45, 7) is 19.7. The molecule has 25 heavy (non-hydrogen) atoms. The predicted octanol–water partition coefficient (Wildman–Crippen LogP) is 5.63. The second-order valence-corrected chi connectivity index (χ2v) is 18.6. The normalized spacial score (nSPS) is 33.4. The SMILES string of the molecule is CC1OC(C)(CCCC2CC(O[Si](C)(C)C)=C2O[Si](C)(C)C)OC1C. The van der Waals surface area contributed by atoms with Gasteiger partial charge in [-0.15, -0.1) is 0 Å². The van der Waals surface area contributed by atoms with E-state index in [4.69, 9.17) is 18.3 Å². The van der Waals surface area contributed by atoms with Crippen LogP contribution in [0, 0.1) is 5.92 Å². The fraction of sp³-hybridized carbons (Fsp3) is 0.895. The van der Waals surface area contributed by atoms with E-state index in [1.807, 2.05) is 0 Å². The Morgan fingerprint density at radius 2 is 1.48 bits per heavy atom. The van der Waals surface area contributed by atoms with Gasteiger partial charge in [-0.05, 0) is 72.9 Å². The molecule has 0 amide bonds. The van der Waals surface area contributed by atoms with E-state index in [0.717, 1.165) is 37.2 Å². The molecule has 0 N–H and O–H groups in total. The second-order valence-electron chi connectivity index (χ2n) is 9.79. The number of hydrogen-bond donors (Lipinski definition) is 0. The fourth-order valence-corrected chi connectivity index (χ4v) is 5.34. The largest absolute Gasteiger partial charge is 0.545 e. The third-order valence-electron chi connectivity index (χ3n) is 4.64. The van der Waals surface area contributed by atoms with Gasteiger partial charge in [0.15, 0.2) is 5.79 Å². The molecule has 3 unspecified atom stereocenters. The van der Waals surface area contributed by atoms with Crippen LogP contribution in [0.5, 0.6) is 0 Å². The molecule has 1 heterocycles. The van der Waals surface area contributed by atoms with E-state index in [-0.39, 0.29) is 12.2 Å². The Hall–Kier alpha value is -0.306. The lowest BCUT2D eigenvalue weighted by Crippen LogP contribution is -2.36. The maximum Gasteiger partial charge on any atom is 0.241 e. The quantitative estimate of drug-likeness (QED) is 0.506. The zero-order valence-corrected chi connectivity index (χ0v) is 19.7. The van der Waals surface area contributed by atoms with Crippen molar-refractivity contribution in [3.8, 4) is 0 Å². The molecule has 6 heteroatoms. The van der Waals surface area contributed by atoms with E-state index in [1.165, 1.54) is 0 Å². The molecular formula is C19H38O4Si2. The Labute approximate surface area is 156 Å². The van der Waals surface area contributed by atoms with Crippen molar-refractivity contribution >= 4 is 16.6 Å². The third-order valence-corrected chi connectivity index (χ3v) is 6.33. The minimum atomic E-state index is -1.62. The van der Waals surface area contributed by atoms with Gasteiger partial charge < -0.3 is 18.3 Å². The molecule has 1 aliphatic heterocycles. The first-order valence-corrected chi connectivity index (χ1v) is 16.6. The van der Waals surface area contributed by atoms with Crippen LogP contribution in [0.25, 0.3) is 0 Å². The number of hydrogen-bond acceptors (Lipinski definition) is 4. The smallest absolute Gasteiger partial charge is 0.241 e. The predicted molar refractivity (Wildman–Crippen MR) is 107 cm³/mol. The molecule has 1 fully saturated rings. The van der Waals surface area contributed by atoms with Crippen LogP contribution in [-0.4, -0.2) is 34.6 Å². The van der Waals surface area contributed by atoms with E-state index in [2.05, 4.69) is 60.1 Å². The topological polar surface area (TPSA) is 36.9 Å². The summed E-state index contributed by atoms with van der Waals surface area (Å²) in [7, 11) is -3.20. The van der Waals surface area contributed by atoms with Crippen LogP contribution in [0.3, 0.4) is 0 Å². The van der Waals surface area contributed by atoms with Crippen LogP contribution < -0.4 is 0 Å². The van der Waals surface area contributed by atoms with Gasteiger partial charge in [0, 0.05) is 18.8 Å². The molecule has 0 aromatic heterocycles. The summed E-state index contributed by atoms with van der Waals surface area (Å²) in [5.41, 5.74) is 0. The van der Waals surface area contributed by atoms with Gasteiger partial charge in [0.05, 0.1) is 12.2 Å². The van der Waals surface area contributed by atoms with Crippen LogP contribution in [0.15, 0.2) is 11.5 Å². The van der Waals surface area contributed by atoms with Crippen molar-refractivity contribution in [2.24, 2.45) is 5.92 Å². The number of rotatable bonds is 8. The Kier molecular flexibility index (Phi) is 6.19. The minimum Gasteiger partial charge on any atom is -0.545 e. The molecule has 1 aliphatic carbocycles. The number of allylic oxidation sites excluding steroid dienone is 2. The molecule has 1 saturated heterocycles. The van der Waals surface area contributed by atoms with Crippen LogP contribution >= 0.6 is 0 Å². The highest BCUT2D eigenvalue weighted by Crippen LogP contribution is 2.43. The second kappa shape index (κ2) is 7.37. The lowest BCUT2D eigenvalue weighted by Gasteiger charge is -2.39. The van der Waals surface area contributed by atoms with Crippen LogP contribution in [0.1, 0.15) is 46.5 Å². The first-order valence-electron chi connectivity index (χ1n) is 9.75. The van der Waals surface area contributed by atoms with Crippen LogP contribution in [-0.2, 0) is 18.3 Å². The van der Waals surface area contributed by atoms with Crippen molar-refractivity contribution in [2.45, 2.75) is 104 Å². The van der Waals surface area contributed by atoms with Gasteiger partial charge in [0.1, 0.15) is 11.5 Å². The lowest BCUT2D eigenvalue weighted by atomic mass is 9.85. The van der Waals surface area contributed by atoms with Crippen molar-refractivity contribution in [1.29, 1.82) is 0 Å². The first-order chi connectivity index (χ1) is 11.3. The van der Waals surface area contributed by atoms with Crippen molar-refractivity contribution in [2.75, 3.05) is 0 Å². The molecule has 0 aromatic carbocycles. The molecule has 0 aromatic rings. The van der Waals surface area contributed by atoms with Gasteiger partial charge in [0.2, 0.25) is 16.6 Å². The summed E-state index contributed by atoms with van der Waals surface area (Å²) in [5.74, 6) is 2.33. The molecule has 2 rings (SSSR count). The molecule has 0 radical (unpaired) electrons. The van der Waals surface area contributed by atoms with E-state index in [9.17, 15) is 0 Å². The monoisotopic (exact) mass is 386 g/mol. The average Bonchev–Trinajstić information content (AvgIpc) is 2.66. The van der Waals surface area contributed by atoms with Crippen molar-refractivity contribution in [1.82, 2.24) is 0 Å². The van der Waals surface area contributed by atoms with Gasteiger partial charge in [0.25, 0.3) is 0 Å². The van der Waals surface area contributed by atoms with Crippen molar-refractivity contribution in [3.63, 3.8) is 0 Å². The standard InChI is InChI=1S/C19H38O4Si2/c1-14-15(2)21-19(3,20-14)12-10-11-16-13-17(22-24(4,5)6)18(16)23-25(7,8)9/h14-16H,10-13H2,1-9H3. The number of ether oxygens (including phenoxy) is 2. The molecule has 0 bridgehead atoms. The maximum absolute atomic E-state index is 6.38. The molecule has 4 nitrogen and oxygen atoms in total. The summed E-state index contributed by atoms with van der Waals surface area (Å²) >= 11 is 0. The molecule has 0 saturated carbocycles. The summed E-state index contributed by atoms with van der Waals surface area (Å²) in [6, 6.07) is 0. The Morgan fingerprint density at radius 3 is 1.96 bits per heavy atom. The van der Waals surface area contributed by atoms with Gasteiger partial charge in [-0.25, -0.2) is 0 Å². The molecule has 2 aliphatic rings. The summed E-state index contributed by atoms with van der Waals surface area (Å²) in [5, 5.41) is 0. The van der Waals surface area contributed by atoms with E-state index < -0.39 is 22.4 Å². The average molecular weight is 387 g/mol. The van der Waals surface area contributed by atoms with E-state index in [0.29, 0.717) is 5.92 Å². The highest BCUT2D eigenvalue weighted by atomic mass is 28.4. The van der Waals surface area contributed by atoms with Gasteiger partial charge in [-0.1, -0.05) is 0 Å². The van der Waals surface area contributed by atoms with E-state index in [1.54, 1.807) is 0 Å². The molecule has 3 atom stereocenters. The van der Waals surface area contributed by atoms with Crippen LogP contribution in [0.4, 0.5) is 0 Å². The van der Waals surface area contributed by atoms with Gasteiger partial charge >= 0.3 is 0 Å². The molecule has 0 spiro atoms. The lowest BCUT2D eigenvalue weighted by molar-refractivity contribution is -0.164. The Balaban J connectivity index is 1.91. The summed E-state index contributed by atoms with van der Waals surface area (Å²) in [6.07, 6.45) is 4.51. The third kappa shape index (κ3) is 6.12.